The molecule has 2 heterocycles. The molecule has 0 spiro atoms. The lowest BCUT2D eigenvalue weighted by molar-refractivity contribution is 0.362. The van der Waals surface area contributed by atoms with E-state index in [4.69, 9.17) is 4.52 Å². The first-order chi connectivity index (χ1) is 9.86. The number of H-pyrrole nitrogens is 1. The molecule has 0 radical (unpaired) electrons. The van der Waals surface area contributed by atoms with Gasteiger partial charge in [0, 0.05) is 24.9 Å². The molecule has 6 heteroatoms. The van der Waals surface area contributed by atoms with Crippen molar-refractivity contribution < 1.29 is 4.52 Å². The van der Waals surface area contributed by atoms with Crippen molar-refractivity contribution in [3.63, 3.8) is 0 Å². The summed E-state index contributed by atoms with van der Waals surface area (Å²) >= 11 is 0. The zero-order chi connectivity index (χ0) is 13.8. The molecule has 2 aromatic heterocycles. The Hall–Kier alpha value is -2.47. The Labute approximate surface area is 116 Å². The van der Waals surface area contributed by atoms with E-state index in [0.29, 0.717) is 24.0 Å². The van der Waals surface area contributed by atoms with Crippen LogP contribution >= 0.6 is 0 Å². The topological polar surface area (TPSA) is 79.6 Å². The molecule has 1 unspecified atom stereocenters. The van der Waals surface area contributed by atoms with Gasteiger partial charge in [-0.15, -0.1) is 0 Å². The van der Waals surface area contributed by atoms with E-state index in [1.807, 2.05) is 25.2 Å². The second-order valence-electron chi connectivity index (χ2n) is 4.41. The molecule has 6 nitrogen and oxygen atoms in total. The summed E-state index contributed by atoms with van der Waals surface area (Å²) in [4.78, 5) is 11.4. The Morgan fingerprint density at radius 2 is 2.15 bits per heavy atom. The summed E-state index contributed by atoms with van der Waals surface area (Å²) in [6.07, 6.45) is 4.02. The first-order valence-corrected chi connectivity index (χ1v) is 6.41. The standard InChI is InChI=1S/C14H15N5O/c1-15-11(10-5-3-2-4-6-10)9-12-18-14(19-20-12)13-16-7-8-17-13/h2-8,11,15H,9H2,1H3,(H,16,17). The summed E-state index contributed by atoms with van der Waals surface area (Å²) in [5.41, 5.74) is 1.19. The van der Waals surface area contributed by atoms with Gasteiger partial charge in [-0.05, 0) is 12.6 Å². The molecular formula is C14H15N5O. The van der Waals surface area contributed by atoms with Crippen molar-refractivity contribution in [1.29, 1.82) is 0 Å². The summed E-state index contributed by atoms with van der Waals surface area (Å²) in [6, 6.07) is 10.3. The van der Waals surface area contributed by atoms with Crippen LogP contribution in [0.15, 0.2) is 47.2 Å². The molecule has 0 amide bonds. The molecule has 0 saturated heterocycles. The fourth-order valence-corrected chi connectivity index (χ4v) is 2.07. The third-order valence-electron chi connectivity index (χ3n) is 3.11. The molecule has 0 fully saturated rings. The van der Waals surface area contributed by atoms with E-state index in [1.165, 1.54) is 5.56 Å². The molecule has 3 rings (SSSR count). The largest absolute Gasteiger partial charge is 0.342 e. The Balaban J connectivity index is 1.77. The lowest BCUT2D eigenvalue weighted by Gasteiger charge is -2.13. The van der Waals surface area contributed by atoms with Crippen molar-refractivity contribution in [1.82, 2.24) is 25.4 Å². The Bertz CT molecular complexity index is 647. The molecule has 1 aromatic carbocycles. The van der Waals surface area contributed by atoms with Gasteiger partial charge in [0.05, 0.1) is 0 Å². The quantitative estimate of drug-likeness (QED) is 0.740. The van der Waals surface area contributed by atoms with Crippen molar-refractivity contribution in [2.75, 3.05) is 7.05 Å². The number of benzene rings is 1. The molecule has 0 saturated carbocycles. The Morgan fingerprint density at radius 3 is 2.85 bits per heavy atom. The summed E-state index contributed by atoms with van der Waals surface area (Å²) in [6.45, 7) is 0. The van der Waals surface area contributed by atoms with Crippen molar-refractivity contribution in [2.24, 2.45) is 0 Å². The van der Waals surface area contributed by atoms with Crippen molar-refractivity contribution in [3.05, 3.63) is 54.2 Å². The van der Waals surface area contributed by atoms with Crippen LogP contribution in [0, 0.1) is 0 Å². The van der Waals surface area contributed by atoms with Gasteiger partial charge in [-0.25, -0.2) is 4.98 Å². The van der Waals surface area contributed by atoms with E-state index < -0.39 is 0 Å². The number of imidazole rings is 1. The molecule has 3 aromatic rings. The van der Waals surface area contributed by atoms with Crippen LogP contribution in [0.25, 0.3) is 11.6 Å². The number of aromatic amines is 1. The highest BCUT2D eigenvalue weighted by molar-refractivity contribution is 5.40. The van der Waals surface area contributed by atoms with Gasteiger partial charge >= 0.3 is 0 Å². The average molecular weight is 269 g/mol. The van der Waals surface area contributed by atoms with Gasteiger partial charge in [-0.3, -0.25) is 0 Å². The monoisotopic (exact) mass is 269 g/mol. The maximum atomic E-state index is 5.28. The van der Waals surface area contributed by atoms with Crippen LogP contribution in [-0.2, 0) is 6.42 Å². The molecule has 0 aliphatic rings. The second-order valence-corrected chi connectivity index (χ2v) is 4.41. The third kappa shape index (κ3) is 2.60. The van der Waals surface area contributed by atoms with Crippen LogP contribution < -0.4 is 5.32 Å². The Morgan fingerprint density at radius 1 is 1.30 bits per heavy atom. The van der Waals surface area contributed by atoms with Crippen LogP contribution in [0.2, 0.25) is 0 Å². The molecule has 0 aliphatic heterocycles. The van der Waals surface area contributed by atoms with Gasteiger partial charge in [0.2, 0.25) is 11.7 Å². The van der Waals surface area contributed by atoms with Gasteiger partial charge in [0.1, 0.15) is 0 Å². The molecular weight excluding hydrogens is 254 g/mol. The number of likely N-dealkylation sites (N-methyl/N-ethyl adjacent to an activating group) is 1. The first-order valence-electron chi connectivity index (χ1n) is 6.41. The highest BCUT2D eigenvalue weighted by atomic mass is 16.5. The van der Waals surface area contributed by atoms with Crippen LogP contribution in [0.4, 0.5) is 0 Å². The zero-order valence-electron chi connectivity index (χ0n) is 11.1. The van der Waals surface area contributed by atoms with Gasteiger partial charge in [-0.1, -0.05) is 35.5 Å². The number of hydrogen-bond donors (Lipinski definition) is 2. The van der Waals surface area contributed by atoms with E-state index in [9.17, 15) is 0 Å². The number of hydrogen-bond acceptors (Lipinski definition) is 5. The van der Waals surface area contributed by atoms with Gasteiger partial charge < -0.3 is 14.8 Å². The van der Waals surface area contributed by atoms with Gasteiger partial charge in [0.25, 0.3) is 0 Å². The predicted molar refractivity (Wildman–Crippen MR) is 73.8 cm³/mol. The molecule has 0 aliphatic carbocycles. The number of aromatic nitrogens is 4. The smallest absolute Gasteiger partial charge is 0.238 e. The Kier molecular flexibility index (Phi) is 3.56. The minimum atomic E-state index is 0.140. The van der Waals surface area contributed by atoms with Crippen molar-refractivity contribution in [2.45, 2.75) is 12.5 Å². The molecule has 20 heavy (non-hydrogen) atoms. The minimum absolute atomic E-state index is 0.140. The molecule has 2 N–H and O–H groups in total. The summed E-state index contributed by atoms with van der Waals surface area (Å²) < 4.78 is 5.28. The summed E-state index contributed by atoms with van der Waals surface area (Å²) in [5, 5.41) is 7.19. The van der Waals surface area contributed by atoms with E-state index in [-0.39, 0.29) is 6.04 Å². The normalized spacial score (nSPS) is 12.4. The third-order valence-corrected chi connectivity index (χ3v) is 3.11. The van der Waals surface area contributed by atoms with E-state index in [0.717, 1.165) is 0 Å². The fraction of sp³-hybridized carbons (Fsp3) is 0.214. The first kappa shape index (κ1) is 12.6. The number of rotatable bonds is 5. The molecule has 0 bridgehead atoms. The summed E-state index contributed by atoms with van der Waals surface area (Å²) in [7, 11) is 1.92. The average Bonchev–Trinajstić information content (AvgIpc) is 3.16. The van der Waals surface area contributed by atoms with Crippen molar-refractivity contribution in [3.8, 4) is 11.6 Å². The fourth-order valence-electron chi connectivity index (χ4n) is 2.07. The lowest BCUT2D eigenvalue weighted by Crippen LogP contribution is -2.18. The maximum Gasteiger partial charge on any atom is 0.238 e. The predicted octanol–water partition coefficient (Wildman–Crippen LogP) is 1.96. The van der Waals surface area contributed by atoms with Crippen LogP contribution in [0.1, 0.15) is 17.5 Å². The van der Waals surface area contributed by atoms with E-state index in [2.05, 4.69) is 37.6 Å². The lowest BCUT2D eigenvalue weighted by atomic mass is 10.0. The second kappa shape index (κ2) is 5.66. The maximum absolute atomic E-state index is 5.28. The van der Waals surface area contributed by atoms with Gasteiger partial charge in [0.15, 0.2) is 5.82 Å². The minimum Gasteiger partial charge on any atom is -0.342 e. The molecule has 1 atom stereocenters. The summed E-state index contributed by atoms with van der Waals surface area (Å²) in [5.74, 6) is 1.67. The molecule has 102 valence electrons. The van der Waals surface area contributed by atoms with Crippen LogP contribution in [0.3, 0.4) is 0 Å². The van der Waals surface area contributed by atoms with Crippen LogP contribution in [-0.4, -0.2) is 27.2 Å². The van der Waals surface area contributed by atoms with Gasteiger partial charge in [-0.2, -0.15) is 4.98 Å². The van der Waals surface area contributed by atoms with Crippen molar-refractivity contribution >= 4 is 0 Å². The number of nitrogens with one attached hydrogen (secondary N) is 2. The zero-order valence-corrected chi connectivity index (χ0v) is 11.1. The SMILES string of the molecule is CNC(Cc1nc(-c2ncc[nH]2)no1)c1ccccc1. The highest BCUT2D eigenvalue weighted by Crippen LogP contribution is 2.18. The number of nitrogens with zero attached hydrogens (tertiary/aromatic N) is 3. The van der Waals surface area contributed by atoms with Crippen LogP contribution in [0.5, 0.6) is 0 Å². The van der Waals surface area contributed by atoms with E-state index in [1.54, 1.807) is 12.4 Å². The van der Waals surface area contributed by atoms with E-state index >= 15 is 0 Å². The highest BCUT2D eigenvalue weighted by Gasteiger charge is 2.16.